The van der Waals surface area contributed by atoms with E-state index >= 15 is 0 Å². The van der Waals surface area contributed by atoms with Crippen LogP contribution in [-0.4, -0.2) is 85.1 Å². The van der Waals surface area contributed by atoms with E-state index in [0.29, 0.717) is 70.2 Å². The summed E-state index contributed by atoms with van der Waals surface area (Å²) in [6, 6.07) is 5.06. The largest absolute Gasteiger partial charge is 0.504 e. The van der Waals surface area contributed by atoms with Gasteiger partial charge in [-0.05, 0) is 61.1 Å². The van der Waals surface area contributed by atoms with Crippen LogP contribution in [0.15, 0.2) is 18.2 Å². The predicted molar refractivity (Wildman–Crippen MR) is 193 cm³/mol. The van der Waals surface area contributed by atoms with Gasteiger partial charge in [-0.1, -0.05) is 6.07 Å². The van der Waals surface area contributed by atoms with Gasteiger partial charge in [0.05, 0.1) is 37.6 Å². The summed E-state index contributed by atoms with van der Waals surface area (Å²) in [6.45, 7) is 5.25. The maximum atomic E-state index is 14.7. The van der Waals surface area contributed by atoms with Gasteiger partial charge >= 0.3 is 11.9 Å². The Hall–Kier alpha value is -4.88. The van der Waals surface area contributed by atoms with E-state index in [1.54, 1.807) is 12.1 Å². The number of aryl methyl sites for hydroxylation is 1. The zero-order chi connectivity index (χ0) is 37.8. The standard InChI is InChI=1S/C39H40N4O10S/c1-16-8-20-9-22-23(12-40)43-24-13-50-38(47)39(21-11-26(48-4)25(45)10-19(21)6-7-41-39)14-54-37(31(43)30(42-22)27(20)32(46)33(16)49-5)29-28(24)36-35(51-15-52-36)17(2)34(29)53-18(3)44/h8,10-11,22-24,30-31,37,41-42,45-46H,6-7,9,13-15H2,1-5H3/t22-,23-,24-,30+,31+,37+,39+/m0/s1. The minimum absolute atomic E-state index is 0.0248. The molecule has 0 radical (unpaired) electrons. The van der Waals surface area contributed by atoms with Crippen molar-refractivity contribution in [1.82, 2.24) is 15.5 Å². The number of benzene rings is 3. The highest BCUT2D eigenvalue weighted by Gasteiger charge is 2.60. The number of fused-ring (bicyclic) bond motifs is 9. The van der Waals surface area contributed by atoms with Crippen LogP contribution in [0.4, 0.5) is 0 Å². The molecule has 2 fully saturated rings. The van der Waals surface area contributed by atoms with Gasteiger partial charge in [-0.3, -0.25) is 15.0 Å². The Morgan fingerprint density at radius 2 is 1.85 bits per heavy atom. The molecule has 7 aliphatic heterocycles. The first-order valence-corrected chi connectivity index (χ1v) is 19.0. The summed E-state index contributed by atoms with van der Waals surface area (Å²) in [5, 5.41) is 40.3. The van der Waals surface area contributed by atoms with Crippen LogP contribution in [0.1, 0.15) is 68.8 Å². The number of phenols is 2. The molecular weight excluding hydrogens is 717 g/mol. The number of esters is 2. The molecule has 282 valence electrons. The average Bonchev–Trinajstić information content (AvgIpc) is 3.64. The lowest BCUT2D eigenvalue weighted by Crippen LogP contribution is -2.69. The normalized spacial score (nSPS) is 28.9. The highest BCUT2D eigenvalue weighted by Crippen LogP contribution is 2.63. The third-order valence-electron chi connectivity index (χ3n) is 11.9. The molecule has 2 saturated heterocycles. The number of nitrogens with one attached hydrogen (secondary N) is 2. The number of phenolic OH excluding ortho intramolecular Hbond substituents is 2. The van der Waals surface area contributed by atoms with Crippen molar-refractivity contribution in [3.05, 3.63) is 62.7 Å². The fourth-order valence-electron chi connectivity index (χ4n) is 9.79. The van der Waals surface area contributed by atoms with Crippen LogP contribution in [-0.2, 0) is 32.7 Å². The Morgan fingerprint density at radius 1 is 1.06 bits per heavy atom. The van der Waals surface area contributed by atoms with Gasteiger partial charge < -0.3 is 44.0 Å². The Balaban J connectivity index is 1.32. The van der Waals surface area contributed by atoms with Crippen molar-refractivity contribution in [2.24, 2.45) is 0 Å². The van der Waals surface area contributed by atoms with Crippen LogP contribution in [0.25, 0.3) is 0 Å². The molecule has 3 aromatic rings. The molecule has 7 atom stereocenters. The van der Waals surface area contributed by atoms with Gasteiger partial charge in [0.15, 0.2) is 40.0 Å². The van der Waals surface area contributed by atoms with Crippen LogP contribution in [0.3, 0.4) is 0 Å². The third kappa shape index (κ3) is 4.76. The van der Waals surface area contributed by atoms with Crippen molar-refractivity contribution < 1.29 is 48.2 Å². The van der Waals surface area contributed by atoms with Gasteiger partial charge in [-0.25, -0.2) is 4.79 Å². The van der Waals surface area contributed by atoms with Crippen LogP contribution < -0.4 is 34.3 Å². The maximum Gasteiger partial charge on any atom is 0.331 e. The molecule has 3 aromatic carbocycles. The molecular formula is C39H40N4O10S. The molecule has 0 aliphatic carbocycles. The molecule has 54 heavy (non-hydrogen) atoms. The molecule has 4 bridgehead atoms. The number of carbonyl (C=O) groups excluding carboxylic acids is 2. The molecule has 15 heteroatoms. The van der Waals surface area contributed by atoms with E-state index in [-0.39, 0.29) is 42.4 Å². The Morgan fingerprint density at radius 3 is 2.59 bits per heavy atom. The summed E-state index contributed by atoms with van der Waals surface area (Å²) >= 11 is 1.46. The van der Waals surface area contributed by atoms with E-state index < -0.39 is 46.9 Å². The summed E-state index contributed by atoms with van der Waals surface area (Å²) in [7, 11) is 2.99. The quantitative estimate of drug-likeness (QED) is 0.225. The van der Waals surface area contributed by atoms with Crippen molar-refractivity contribution in [1.29, 1.82) is 5.26 Å². The first-order chi connectivity index (χ1) is 26.0. The number of rotatable bonds is 3. The molecule has 4 N–H and O–H groups in total. The zero-order valence-corrected chi connectivity index (χ0v) is 31.2. The fraction of sp³-hybridized carbons (Fsp3) is 0.462. The minimum atomic E-state index is -1.36. The van der Waals surface area contributed by atoms with Crippen molar-refractivity contribution >= 4 is 23.7 Å². The van der Waals surface area contributed by atoms with Gasteiger partial charge in [0.1, 0.15) is 18.4 Å². The average molecular weight is 757 g/mol. The second-order valence-electron chi connectivity index (χ2n) is 14.7. The van der Waals surface area contributed by atoms with E-state index in [1.807, 2.05) is 19.9 Å². The van der Waals surface area contributed by atoms with E-state index in [1.165, 1.54) is 32.9 Å². The van der Waals surface area contributed by atoms with Crippen LogP contribution in [0.5, 0.6) is 40.2 Å². The van der Waals surface area contributed by atoms with E-state index in [2.05, 4.69) is 21.6 Å². The summed E-state index contributed by atoms with van der Waals surface area (Å²) in [5.41, 5.74) is 4.33. The van der Waals surface area contributed by atoms with Gasteiger partial charge in [0, 0.05) is 53.6 Å². The van der Waals surface area contributed by atoms with Crippen molar-refractivity contribution in [2.45, 2.75) is 74.6 Å². The molecule has 0 amide bonds. The molecule has 7 heterocycles. The lowest BCUT2D eigenvalue weighted by Gasteiger charge is -2.59. The molecule has 0 unspecified atom stereocenters. The summed E-state index contributed by atoms with van der Waals surface area (Å²) in [6.07, 6.45) is 1.03. The van der Waals surface area contributed by atoms with Crippen LogP contribution >= 0.6 is 11.8 Å². The van der Waals surface area contributed by atoms with Gasteiger partial charge in [-0.2, -0.15) is 5.26 Å². The number of thioether (sulfide) groups is 1. The lowest BCUT2D eigenvalue weighted by atomic mass is 9.72. The lowest BCUT2D eigenvalue weighted by molar-refractivity contribution is -0.155. The Kier molecular flexibility index (Phi) is 8.13. The molecule has 0 saturated carbocycles. The molecule has 14 nitrogen and oxygen atoms in total. The van der Waals surface area contributed by atoms with Gasteiger partial charge in [0.25, 0.3) is 0 Å². The Labute approximate surface area is 315 Å². The SMILES string of the molecule is COc1cc2c(cc1O)CCN[C@]21CS[C@@H]2c3c(OC(C)=O)c(C)c4c(c3[C@H](COC1=O)N1[C@@H]2[C@@H]2N[C@@H](Cc3cc(C)c(OC)c(O)c32)[C@@H]1C#N)OCO4. The first kappa shape index (κ1) is 34.9. The molecule has 1 spiro atoms. The zero-order valence-electron chi connectivity index (χ0n) is 30.4. The smallest absolute Gasteiger partial charge is 0.331 e. The van der Waals surface area contributed by atoms with E-state index in [0.717, 1.165) is 16.7 Å². The number of hydrogen-bond acceptors (Lipinski definition) is 15. The van der Waals surface area contributed by atoms with E-state index in [4.69, 9.17) is 28.4 Å². The number of nitriles is 1. The number of ether oxygens (including phenoxy) is 6. The van der Waals surface area contributed by atoms with Crippen molar-refractivity contribution in [3.8, 4) is 46.3 Å². The number of methoxy groups -OCH3 is 2. The molecule has 0 aromatic heterocycles. The summed E-state index contributed by atoms with van der Waals surface area (Å²) in [4.78, 5) is 29.7. The van der Waals surface area contributed by atoms with Gasteiger partial charge in [0.2, 0.25) is 6.79 Å². The van der Waals surface area contributed by atoms with Crippen molar-refractivity contribution in [2.75, 3.05) is 39.9 Å². The minimum Gasteiger partial charge on any atom is -0.504 e. The number of carbonyl (C=O) groups is 2. The maximum absolute atomic E-state index is 14.7. The van der Waals surface area contributed by atoms with E-state index in [9.17, 15) is 25.1 Å². The van der Waals surface area contributed by atoms with Crippen LogP contribution in [0.2, 0.25) is 0 Å². The fourth-order valence-corrected chi connectivity index (χ4v) is 11.5. The predicted octanol–water partition coefficient (Wildman–Crippen LogP) is 3.64. The monoisotopic (exact) mass is 756 g/mol. The second kappa shape index (κ2) is 12.6. The Bertz CT molecular complexity index is 2190. The molecule has 10 rings (SSSR count). The first-order valence-electron chi connectivity index (χ1n) is 17.9. The summed E-state index contributed by atoms with van der Waals surface area (Å²) in [5.74, 6) is 0.913. The topological polar surface area (TPSA) is 181 Å². The second-order valence-corrected chi connectivity index (χ2v) is 15.8. The van der Waals surface area contributed by atoms with Crippen molar-refractivity contribution in [3.63, 3.8) is 0 Å². The number of nitrogens with zero attached hydrogens (tertiary/aromatic N) is 2. The molecule has 7 aliphatic rings. The highest BCUT2D eigenvalue weighted by atomic mass is 32.2. The van der Waals surface area contributed by atoms with Gasteiger partial charge in [-0.15, -0.1) is 11.8 Å². The highest BCUT2D eigenvalue weighted by molar-refractivity contribution is 7.99. The van der Waals surface area contributed by atoms with Crippen LogP contribution in [0, 0.1) is 25.2 Å². The number of hydrogen-bond donors (Lipinski definition) is 4. The number of piperazine rings is 1. The summed E-state index contributed by atoms with van der Waals surface area (Å²) < 4.78 is 35.9. The third-order valence-corrected chi connectivity index (χ3v) is 13.4. The number of aromatic hydroxyl groups is 2.